The van der Waals surface area contributed by atoms with Gasteiger partial charge in [0, 0.05) is 11.6 Å². The van der Waals surface area contributed by atoms with Crippen molar-refractivity contribution in [1.82, 2.24) is 0 Å². The molecule has 0 bridgehead atoms. The van der Waals surface area contributed by atoms with Crippen molar-refractivity contribution in [3.63, 3.8) is 0 Å². The van der Waals surface area contributed by atoms with E-state index in [1.165, 1.54) is 19.8 Å². The maximum absolute atomic E-state index is 14.7. The average Bonchev–Trinajstić information content (AvgIpc) is 3.44. The molecule has 8 nitrogen and oxygen atoms in total. The lowest BCUT2D eigenvalue weighted by Gasteiger charge is -2.44. The van der Waals surface area contributed by atoms with Crippen LogP contribution in [0.4, 0.5) is 5.69 Å². The minimum absolute atomic E-state index is 0.0291. The van der Waals surface area contributed by atoms with Crippen LogP contribution < -0.4 is 9.64 Å². The van der Waals surface area contributed by atoms with E-state index < -0.39 is 36.1 Å². The molecule has 0 amide bonds. The molecule has 5 atom stereocenters. The lowest BCUT2D eigenvalue weighted by atomic mass is 9.64. The summed E-state index contributed by atoms with van der Waals surface area (Å²) < 4.78 is 22.4. The Labute approximate surface area is 271 Å². The maximum atomic E-state index is 14.7. The molecule has 1 heterocycles. The van der Waals surface area contributed by atoms with Crippen molar-refractivity contribution in [2.24, 2.45) is 11.8 Å². The Kier molecular flexibility index (Phi) is 9.85. The zero-order valence-corrected chi connectivity index (χ0v) is 27.4. The van der Waals surface area contributed by atoms with Gasteiger partial charge >= 0.3 is 17.9 Å². The van der Waals surface area contributed by atoms with Crippen LogP contribution in [0.3, 0.4) is 0 Å². The Morgan fingerprint density at radius 2 is 1.35 bits per heavy atom. The van der Waals surface area contributed by atoms with Crippen LogP contribution in [0, 0.1) is 11.8 Å². The third-order valence-corrected chi connectivity index (χ3v) is 9.68. The molecule has 46 heavy (non-hydrogen) atoms. The molecule has 0 spiro atoms. The molecule has 0 N–H and O–H groups in total. The Morgan fingerprint density at radius 3 is 1.93 bits per heavy atom. The fourth-order valence-electron chi connectivity index (χ4n) is 7.21. The summed E-state index contributed by atoms with van der Waals surface area (Å²) in [4.78, 5) is 43.7. The second kappa shape index (κ2) is 13.8. The largest absolute Gasteiger partial charge is 0.497 e. The van der Waals surface area contributed by atoms with E-state index in [-0.39, 0.29) is 22.5 Å². The van der Waals surface area contributed by atoms with Gasteiger partial charge in [-0.2, -0.15) is 0 Å². The number of anilines is 1. The third kappa shape index (κ3) is 6.26. The van der Waals surface area contributed by atoms with E-state index in [0.29, 0.717) is 29.3 Å². The number of hydrogen-bond acceptors (Lipinski definition) is 8. The van der Waals surface area contributed by atoms with Crippen molar-refractivity contribution in [3.05, 3.63) is 107 Å². The summed E-state index contributed by atoms with van der Waals surface area (Å²) in [6.45, 7) is 6.57. The molecule has 3 aromatic carbocycles. The van der Waals surface area contributed by atoms with E-state index in [1.54, 1.807) is 36.3 Å². The van der Waals surface area contributed by atoms with Gasteiger partial charge in [-0.1, -0.05) is 87.9 Å². The summed E-state index contributed by atoms with van der Waals surface area (Å²) >= 11 is 0. The lowest BCUT2D eigenvalue weighted by molar-refractivity contribution is -0.158. The summed E-state index contributed by atoms with van der Waals surface area (Å²) in [5, 5.41) is 0. The lowest BCUT2D eigenvalue weighted by Crippen LogP contribution is -2.48. The van der Waals surface area contributed by atoms with Crippen LogP contribution in [0.15, 0.2) is 96.1 Å². The Balaban J connectivity index is 1.64. The second-order valence-electron chi connectivity index (χ2n) is 12.7. The minimum atomic E-state index is -1.28. The molecular weight excluding hydrogens is 582 g/mol. The highest BCUT2D eigenvalue weighted by atomic mass is 16.6. The molecule has 0 radical (unpaired) electrons. The fourth-order valence-corrected chi connectivity index (χ4v) is 7.21. The molecule has 2 aliphatic rings. The summed E-state index contributed by atoms with van der Waals surface area (Å²) in [7, 11) is 4.07. The molecule has 5 rings (SSSR count). The number of hydrogen-bond donors (Lipinski definition) is 0. The van der Waals surface area contributed by atoms with Gasteiger partial charge in [-0.3, -0.25) is 0 Å². The molecule has 0 aromatic heterocycles. The van der Waals surface area contributed by atoms with E-state index in [9.17, 15) is 14.4 Å². The number of ether oxygens (including phenoxy) is 4. The van der Waals surface area contributed by atoms with Crippen molar-refractivity contribution in [2.75, 3.05) is 26.2 Å². The van der Waals surface area contributed by atoms with Gasteiger partial charge in [0.25, 0.3) is 0 Å². The third-order valence-electron chi connectivity index (χ3n) is 9.68. The van der Waals surface area contributed by atoms with E-state index in [1.807, 2.05) is 48.5 Å². The molecular formula is C38H43NO7. The maximum Gasteiger partial charge on any atom is 0.337 e. The Hall–Kier alpha value is -4.59. The zero-order chi connectivity index (χ0) is 33.0. The fraction of sp³-hybridized carbons (Fsp3) is 0.395. The summed E-state index contributed by atoms with van der Waals surface area (Å²) in [6.07, 6.45) is 2.17. The number of methoxy groups -OCH3 is 3. The standard InChI is InChI=1S/C38H43NO7/c1-24-17-22-29(38(2,3)26-15-11-8-12-16-26)30(23-24)46-37(42)34-32(36(41)45-6)31(35(40)44-5)33(25-13-9-7-10-14-25)39(34)27-18-20-28(43-4)21-19-27/h7-16,18-21,24,29-30,33-34H,17,22-23H2,1-6H3/t24-,29-,30-,33?,34?/m1/s1. The molecule has 2 unspecified atom stereocenters. The van der Waals surface area contributed by atoms with Crippen molar-refractivity contribution in [1.29, 1.82) is 0 Å². The summed E-state index contributed by atoms with van der Waals surface area (Å²) in [5.41, 5.74) is 2.12. The smallest absolute Gasteiger partial charge is 0.337 e. The molecule has 1 fully saturated rings. The van der Waals surface area contributed by atoms with E-state index in [0.717, 1.165) is 12.8 Å². The molecule has 242 valence electrons. The van der Waals surface area contributed by atoms with Crippen LogP contribution in [0.25, 0.3) is 0 Å². The first kappa shape index (κ1) is 32.8. The van der Waals surface area contributed by atoms with Crippen LogP contribution in [0.1, 0.15) is 57.2 Å². The van der Waals surface area contributed by atoms with Crippen molar-refractivity contribution in [2.45, 2.75) is 63.6 Å². The molecule has 1 saturated carbocycles. The Bertz CT molecular complexity index is 1570. The van der Waals surface area contributed by atoms with Crippen molar-refractivity contribution >= 4 is 23.6 Å². The van der Waals surface area contributed by atoms with Crippen LogP contribution in [-0.4, -0.2) is 51.4 Å². The molecule has 8 heteroatoms. The first-order chi connectivity index (χ1) is 22.1. The highest BCUT2D eigenvalue weighted by Gasteiger charge is 2.53. The van der Waals surface area contributed by atoms with Gasteiger partial charge in [-0.15, -0.1) is 0 Å². The zero-order valence-electron chi connectivity index (χ0n) is 27.4. The van der Waals surface area contributed by atoms with Gasteiger partial charge in [0.2, 0.25) is 0 Å². The topological polar surface area (TPSA) is 91.4 Å². The van der Waals surface area contributed by atoms with Gasteiger partial charge in [0.05, 0.1) is 38.5 Å². The number of esters is 3. The van der Waals surface area contributed by atoms with E-state index in [2.05, 4.69) is 32.9 Å². The van der Waals surface area contributed by atoms with Crippen LogP contribution in [-0.2, 0) is 34.0 Å². The molecule has 0 saturated heterocycles. The molecule has 1 aliphatic heterocycles. The summed E-state index contributed by atoms with van der Waals surface area (Å²) in [6, 6.07) is 24.6. The predicted molar refractivity (Wildman–Crippen MR) is 175 cm³/mol. The summed E-state index contributed by atoms with van der Waals surface area (Å²) in [5.74, 6) is -1.14. The number of rotatable bonds is 9. The number of benzene rings is 3. The van der Waals surface area contributed by atoms with E-state index in [4.69, 9.17) is 18.9 Å². The first-order valence-corrected chi connectivity index (χ1v) is 15.8. The molecule has 1 aliphatic carbocycles. The van der Waals surface area contributed by atoms with Gasteiger partial charge in [-0.25, -0.2) is 14.4 Å². The number of carbonyl (C=O) groups excluding carboxylic acids is 3. The van der Waals surface area contributed by atoms with Crippen LogP contribution >= 0.6 is 0 Å². The monoisotopic (exact) mass is 625 g/mol. The number of nitrogens with zero attached hydrogens (tertiary/aromatic N) is 1. The van der Waals surface area contributed by atoms with Gasteiger partial charge < -0.3 is 23.8 Å². The normalized spacial score (nSPS) is 23.1. The second-order valence-corrected chi connectivity index (χ2v) is 12.7. The minimum Gasteiger partial charge on any atom is -0.497 e. The highest BCUT2D eigenvalue weighted by molar-refractivity contribution is 6.10. The quantitative estimate of drug-likeness (QED) is 0.194. The average molecular weight is 626 g/mol. The van der Waals surface area contributed by atoms with Crippen LogP contribution in [0.2, 0.25) is 0 Å². The Morgan fingerprint density at radius 1 is 0.761 bits per heavy atom. The van der Waals surface area contributed by atoms with Gasteiger partial charge in [0.15, 0.2) is 6.04 Å². The van der Waals surface area contributed by atoms with Gasteiger partial charge in [0.1, 0.15) is 11.9 Å². The first-order valence-electron chi connectivity index (χ1n) is 15.8. The van der Waals surface area contributed by atoms with Crippen LogP contribution in [0.5, 0.6) is 5.75 Å². The predicted octanol–water partition coefficient (Wildman–Crippen LogP) is 6.59. The molecule has 3 aromatic rings. The number of carbonyl (C=O) groups is 3. The van der Waals surface area contributed by atoms with Gasteiger partial charge in [-0.05, 0) is 59.6 Å². The van der Waals surface area contributed by atoms with Crippen molar-refractivity contribution in [3.8, 4) is 5.75 Å². The van der Waals surface area contributed by atoms with Crippen molar-refractivity contribution < 1.29 is 33.3 Å². The SMILES string of the molecule is COC(=O)C1=C(C(=O)OC)C(c2ccccc2)N(c2ccc(OC)cc2)C1C(=O)O[C@@H]1C[C@H](C)CC[C@H]1C(C)(C)c1ccccc1. The van der Waals surface area contributed by atoms with E-state index >= 15 is 0 Å². The highest BCUT2D eigenvalue weighted by Crippen LogP contribution is 2.48.